The van der Waals surface area contributed by atoms with Gasteiger partial charge in [-0.2, -0.15) is 0 Å². The molecule has 0 aromatic heterocycles. The van der Waals surface area contributed by atoms with Gasteiger partial charge in [-0.15, -0.1) is 0 Å². The molecule has 17 heavy (non-hydrogen) atoms. The van der Waals surface area contributed by atoms with Crippen molar-refractivity contribution in [3.63, 3.8) is 0 Å². The van der Waals surface area contributed by atoms with Crippen molar-refractivity contribution >= 4 is 0 Å². The molecule has 3 heteroatoms. The maximum atomic E-state index is 9.57. The summed E-state index contributed by atoms with van der Waals surface area (Å²) < 4.78 is 0. The van der Waals surface area contributed by atoms with Gasteiger partial charge in [-0.3, -0.25) is 0 Å². The number of nitrogens with zero attached hydrogens (tertiary/aromatic N) is 1. The molecule has 0 aromatic carbocycles. The fourth-order valence-corrected chi connectivity index (χ4v) is 3.01. The van der Waals surface area contributed by atoms with Gasteiger partial charge >= 0.3 is 0 Å². The molecule has 3 atom stereocenters. The number of hydrogen-bond donors (Lipinski definition) is 2. The van der Waals surface area contributed by atoms with Crippen molar-refractivity contribution in [1.82, 2.24) is 10.2 Å². The molecule has 1 aliphatic carbocycles. The molecule has 3 nitrogen and oxygen atoms in total. The zero-order valence-electron chi connectivity index (χ0n) is 11.6. The number of nitrogens with one attached hydrogen (secondary N) is 1. The minimum atomic E-state index is -0.0767. The van der Waals surface area contributed by atoms with Crippen molar-refractivity contribution in [3.05, 3.63) is 0 Å². The predicted octanol–water partition coefficient (Wildman–Crippen LogP) is 1.61. The highest BCUT2D eigenvalue weighted by Crippen LogP contribution is 2.26. The molecule has 2 N–H and O–H groups in total. The number of likely N-dealkylation sites (tertiary alicyclic amines) is 1. The Morgan fingerprint density at radius 3 is 2.53 bits per heavy atom. The molecule has 2 rings (SSSR count). The summed E-state index contributed by atoms with van der Waals surface area (Å²) in [4.78, 5) is 2.58. The van der Waals surface area contributed by atoms with Crippen molar-refractivity contribution in [2.45, 2.75) is 64.1 Å². The maximum Gasteiger partial charge on any atom is 0.0611 e. The fraction of sp³-hybridized carbons (Fsp3) is 1.00. The number of rotatable bonds is 6. The summed E-state index contributed by atoms with van der Waals surface area (Å²) in [5, 5.41) is 13.2. The highest BCUT2D eigenvalue weighted by molar-refractivity contribution is 4.93. The summed E-state index contributed by atoms with van der Waals surface area (Å²) in [6.45, 7) is 9.42. The molecular weight excluding hydrogens is 212 g/mol. The van der Waals surface area contributed by atoms with Crippen molar-refractivity contribution in [1.29, 1.82) is 0 Å². The lowest BCUT2D eigenvalue weighted by Gasteiger charge is -2.32. The van der Waals surface area contributed by atoms with Gasteiger partial charge in [0.15, 0.2) is 0 Å². The average Bonchev–Trinajstić information content (AvgIpc) is 3.01. The van der Waals surface area contributed by atoms with Gasteiger partial charge in [-0.25, -0.2) is 0 Å². The monoisotopic (exact) mass is 240 g/mol. The molecule has 2 fully saturated rings. The lowest BCUT2D eigenvalue weighted by molar-refractivity contribution is 0.141. The molecule has 0 amide bonds. The van der Waals surface area contributed by atoms with Crippen LogP contribution in [0.1, 0.15) is 46.5 Å². The Morgan fingerprint density at radius 1 is 1.35 bits per heavy atom. The van der Waals surface area contributed by atoms with Crippen LogP contribution in [0.15, 0.2) is 0 Å². The molecule has 3 unspecified atom stereocenters. The zero-order valence-corrected chi connectivity index (χ0v) is 11.6. The molecule has 1 heterocycles. The summed E-state index contributed by atoms with van der Waals surface area (Å²) in [6, 6.07) is 1.39. The molecule has 1 saturated carbocycles. The van der Waals surface area contributed by atoms with Crippen LogP contribution in [0.3, 0.4) is 0 Å². The molecule has 2 aliphatic rings. The van der Waals surface area contributed by atoms with E-state index in [9.17, 15) is 5.11 Å². The van der Waals surface area contributed by atoms with Crippen LogP contribution in [0.5, 0.6) is 0 Å². The summed E-state index contributed by atoms with van der Waals surface area (Å²) in [7, 11) is 0. The van der Waals surface area contributed by atoms with Gasteiger partial charge in [-0.05, 0) is 45.4 Å². The first-order chi connectivity index (χ1) is 8.02. The van der Waals surface area contributed by atoms with E-state index in [-0.39, 0.29) is 12.1 Å². The summed E-state index contributed by atoms with van der Waals surface area (Å²) in [6.07, 6.45) is 4.95. The van der Waals surface area contributed by atoms with Crippen LogP contribution >= 0.6 is 0 Å². The fourth-order valence-electron chi connectivity index (χ4n) is 3.01. The second-order valence-electron chi connectivity index (χ2n) is 6.57. The molecule has 1 saturated heterocycles. The lowest BCUT2D eigenvalue weighted by atomic mass is 9.98. The SMILES string of the molecule is CC1CC(C)N(CCC(C)(CO)NC2CC2)C1. The Morgan fingerprint density at radius 2 is 2.06 bits per heavy atom. The zero-order chi connectivity index (χ0) is 12.5. The third-order valence-electron chi connectivity index (χ3n) is 4.34. The molecular formula is C14H28N2O. The third kappa shape index (κ3) is 3.67. The normalized spacial score (nSPS) is 33.9. The second-order valence-corrected chi connectivity index (χ2v) is 6.57. The number of hydrogen-bond acceptors (Lipinski definition) is 3. The van der Waals surface area contributed by atoms with Gasteiger partial charge in [0.1, 0.15) is 0 Å². The Bertz CT molecular complexity index is 255. The van der Waals surface area contributed by atoms with Crippen molar-refractivity contribution in [2.75, 3.05) is 19.7 Å². The number of aliphatic hydroxyl groups is 1. The van der Waals surface area contributed by atoms with Gasteiger partial charge in [0.2, 0.25) is 0 Å². The topological polar surface area (TPSA) is 35.5 Å². The van der Waals surface area contributed by atoms with Gasteiger partial charge < -0.3 is 15.3 Å². The standard InChI is InChI=1S/C14H28N2O/c1-11-8-12(2)16(9-11)7-6-14(3,10-17)15-13-4-5-13/h11-13,15,17H,4-10H2,1-3H3. The smallest absolute Gasteiger partial charge is 0.0611 e. The Labute approximate surface area is 106 Å². The van der Waals surface area contributed by atoms with E-state index >= 15 is 0 Å². The average molecular weight is 240 g/mol. The van der Waals surface area contributed by atoms with Crippen LogP contribution in [0.2, 0.25) is 0 Å². The largest absolute Gasteiger partial charge is 0.394 e. The quantitative estimate of drug-likeness (QED) is 0.740. The first kappa shape index (κ1) is 13.3. The van der Waals surface area contributed by atoms with Crippen molar-refractivity contribution in [3.8, 4) is 0 Å². The Hall–Kier alpha value is -0.120. The van der Waals surface area contributed by atoms with Crippen molar-refractivity contribution in [2.24, 2.45) is 5.92 Å². The highest BCUT2D eigenvalue weighted by atomic mass is 16.3. The highest BCUT2D eigenvalue weighted by Gasteiger charge is 2.33. The van der Waals surface area contributed by atoms with Crippen LogP contribution in [0, 0.1) is 5.92 Å². The van der Waals surface area contributed by atoms with Gasteiger partial charge in [-0.1, -0.05) is 6.92 Å². The first-order valence-electron chi connectivity index (χ1n) is 7.15. The molecule has 0 bridgehead atoms. The van der Waals surface area contributed by atoms with E-state index in [2.05, 4.69) is 31.0 Å². The minimum absolute atomic E-state index is 0.0767. The van der Waals surface area contributed by atoms with Crippen molar-refractivity contribution < 1.29 is 5.11 Å². The van der Waals surface area contributed by atoms with E-state index in [0.717, 1.165) is 18.9 Å². The maximum absolute atomic E-state index is 9.57. The molecule has 1 aliphatic heterocycles. The molecule has 100 valence electrons. The van der Waals surface area contributed by atoms with E-state index in [1.807, 2.05) is 0 Å². The van der Waals surface area contributed by atoms with E-state index in [1.165, 1.54) is 25.8 Å². The Kier molecular flexibility index (Phi) is 4.11. The summed E-state index contributed by atoms with van der Waals surface area (Å²) in [5.41, 5.74) is -0.0767. The molecule has 0 aromatic rings. The van der Waals surface area contributed by atoms with Gasteiger partial charge in [0.25, 0.3) is 0 Å². The molecule has 0 spiro atoms. The van der Waals surface area contributed by atoms with E-state index < -0.39 is 0 Å². The Balaban J connectivity index is 1.78. The first-order valence-corrected chi connectivity index (χ1v) is 7.15. The van der Waals surface area contributed by atoms with Gasteiger partial charge in [0.05, 0.1) is 6.61 Å². The second kappa shape index (κ2) is 5.25. The van der Waals surface area contributed by atoms with Crippen LogP contribution in [0.4, 0.5) is 0 Å². The minimum Gasteiger partial charge on any atom is -0.394 e. The van der Waals surface area contributed by atoms with E-state index in [4.69, 9.17) is 0 Å². The third-order valence-corrected chi connectivity index (χ3v) is 4.34. The van der Waals surface area contributed by atoms with E-state index in [0.29, 0.717) is 12.1 Å². The molecule has 0 radical (unpaired) electrons. The summed E-state index contributed by atoms with van der Waals surface area (Å²) >= 11 is 0. The van der Waals surface area contributed by atoms with Crippen LogP contribution in [-0.4, -0.2) is 47.3 Å². The van der Waals surface area contributed by atoms with E-state index in [1.54, 1.807) is 0 Å². The lowest BCUT2D eigenvalue weighted by Crippen LogP contribution is -2.49. The van der Waals surface area contributed by atoms with Crippen LogP contribution < -0.4 is 5.32 Å². The summed E-state index contributed by atoms with van der Waals surface area (Å²) in [5.74, 6) is 0.835. The predicted molar refractivity (Wildman–Crippen MR) is 71.1 cm³/mol. The van der Waals surface area contributed by atoms with Crippen LogP contribution in [0.25, 0.3) is 0 Å². The van der Waals surface area contributed by atoms with Crippen LogP contribution in [-0.2, 0) is 0 Å². The van der Waals surface area contributed by atoms with Gasteiger partial charge in [0, 0.05) is 30.7 Å². The number of aliphatic hydroxyl groups excluding tert-OH is 1.